The molecule has 0 radical (unpaired) electrons. The SMILES string of the molecule is CSc1nnc2c(n1)OC1(CCCCC1)Nc1ccccc1-2. The van der Waals surface area contributed by atoms with E-state index in [0.717, 1.165) is 29.8 Å². The Morgan fingerprint density at radius 2 is 1.95 bits per heavy atom. The van der Waals surface area contributed by atoms with E-state index < -0.39 is 0 Å². The standard InChI is InChI=1S/C16H18N4OS/c1-22-15-17-14-13(19-20-15)11-7-3-4-8-12(11)18-16(21-14)9-5-2-6-10-16/h3-4,7-8,18H,2,5-6,9-10H2,1H3. The summed E-state index contributed by atoms with van der Waals surface area (Å²) in [7, 11) is 0. The number of thioether (sulfide) groups is 1. The molecular formula is C16H18N4OS. The molecular weight excluding hydrogens is 296 g/mol. The van der Waals surface area contributed by atoms with Gasteiger partial charge in [0.05, 0.1) is 0 Å². The van der Waals surface area contributed by atoms with Gasteiger partial charge in [0.1, 0.15) is 0 Å². The lowest BCUT2D eigenvalue weighted by atomic mass is 9.91. The Morgan fingerprint density at radius 1 is 1.14 bits per heavy atom. The normalized spacial score (nSPS) is 18.6. The van der Waals surface area contributed by atoms with Gasteiger partial charge in [0.15, 0.2) is 11.4 Å². The first kappa shape index (κ1) is 13.8. The molecule has 2 heterocycles. The Balaban J connectivity index is 1.88. The maximum atomic E-state index is 6.37. The van der Waals surface area contributed by atoms with Crippen molar-refractivity contribution in [2.24, 2.45) is 0 Å². The summed E-state index contributed by atoms with van der Waals surface area (Å²) in [5.41, 5.74) is 2.41. The molecule has 4 rings (SSSR count). The highest BCUT2D eigenvalue weighted by molar-refractivity contribution is 7.98. The van der Waals surface area contributed by atoms with Crippen LogP contribution in [0.5, 0.6) is 5.88 Å². The first-order valence-corrected chi connectivity index (χ1v) is 8.87. The second kappa shape index (κ2) is 5.43. The van der Waals surface area contributed by atoms with Crippen LogP contribution in [0.3, 0.4) is 0 Å². The van der Waals surface area contributed by atoms with E-state index in [1.165, 1.54) is 31.0 Å². The number of ether oxygens (including phenoxy) is 1. The molecule has 1 spiro atoms. The molecule has 0 amide bonds. The van der Waals surface area contributed by atoms with Crippen LogP contribution in [0.2, 0.25) is 0 Å². The van der Waals surface area contributed by atoms with Crippen molar-refractivity contribution in [1.82, 2.24) is 15.2 Å². The van der Waals surface area contributed by atoms with Crippen LogP contribution in [0.15, 0.2) is 29.4 Å². The van der Waals surface area contributed by atoms with Crippen LogP contribution < -0.4 is 10.1 Å². The molecule has 0 bridgehead atoms. The third kappa shape index (κ3) is 2.31. The number of nitrogens with zero attached hydrogens (tertiary/aromatic N) is 3. The Kier molecular flexibility index (Phi) is 3.41. The molecule has 1 aromatic carbocycles. The first-order chi connectivity index (χ1) is 10.8. The van der Waals surface area contributed by atoms with E-state index in [1.807, 2.05) is 24.5 Å². The summed E-state index contributed by atoms with van der Waals surface area (Å²) in [6.45, 7) is 0. The number of rotatable bonds is 1. The number of fused-ring (bicyclic) bond motifs is 3. The zero-order chi connectivity index (χ0) is 15.0. The lowest BCUT2D eigenvalue weighted by Gasteiger charge is -2.37. The zero-order valence-corrected chi connectivity index (χ0v) is 13.3. The molecule has 0 atom stereocenters. The number of benzene rings is 1. The van der Waals surface area contributed by atoms with E-state index in [0.29, 0.717) is 11.0 Å². The number of para-hydroxylation sites is 1. The van der Waals surface area contributed by atoms with Crippen LogP contribution in [-0.2, 0) is 0 Å². The van der Waals surface area contributed by atoms with Gasteiger partial charge in [-0.05, 0) is 25.2 Å². The molecule has 2 aliphatic rings. The molecule has 5 nitrogen and oxygen atoms in total. The van der Waals surface area contributed by atoms with Crippen LogP contribution in [-0.4, -0.2) is 27.2 Å². The Labute approximate surface area is 133 Å². The summed E-state index contributed by atoms with van der Waals surface area (Å²) in [5.74, 6) is 0.596. The zero-order valence-electron chi connectivity index (χ0n) is 12.5. The van der Waals surface area contributed by atoms with Gasteiger partial charge in [-0.3, -0.25) is 0 Å². The molecule has 1 N–H and O–H groups in total. The number of aromatic nitrogens is 3. The molecule has 6 heteroatoms. The largest absolute Gasteiger partial charge is 0.449 e. The van der Waals surface area contributed by atoms with Gasteiger partial charge in [-0.15, -0.1) is 10.2 Å². The van der Waals surface area contributed by atoms with E-state index >= 15 is 0 Å². The summed E-state index contributed by atoms with van der Waals surface area (Å²) >= 11 is 1.48. The number of nitrogens with one attached hydrogen (secondary N) is 1. The van der Waals surface area contributed by atoms with Gasteiger partial charge < -0.3 is 10.1 Å². The highest BCUT2D eigenvalue weighted by atomic mass is 32.2. The molecule has 1 fully saturated rings. The fourth-order valence-corrected chi connectivity index (χ4v) is 3.53. The maximum absolute atomic E-state index is 6.37. The fraction of sp³-hybridized carbons (Fsp3) is 0.438. The molecule has 22 heavy (non-hydrogen) atoms. The van der Waals surface area contributed by atoms with Gasteiger partial charge in [0.25, 0.3) is 0 Å². The molecule has 1 saturated carbocycles. The molecule has 2 aromatic rings. The van der Waals surface area contributed by atoms with Crippen molar-refractivity contribution in [2.45, 2.75) is 43.0 Å². The smallest absolute Gasteiger partial charge is 0.247 e. The van der Waals surface area contributed by atoms with Crippen molar-refractivity contribution in [2.75, 3.05) is 11.6 Å². The number of anilines is 1. The minimum Gasteiger partial charge on any atom is -0.449 e. The van der Waals surface area contributed by atoms with Gasteiger partial charge in [-0.2, -0.15) is 4.98 Å². The van der Waals surface area contributed by atoms with Gasteiger partial charge in [-0.25, -0.2) is 0 Å². The Morgan fingerprint density at radius 3 is 2.77 bits per heavy atom. The van der Waals surface area contributed by atoms with E-state index in [2.05, 4.69) is 26.6 Å². The van der Waals surface area contributed by atoms with Crippen molar-refractivity contribution in [1.29, 1.82) is 0 Å². The van der Waals surface area contributed by atoms with Crippen LogP contribution in [0.1, 0.15) is 32.1 Å². The molecule has 0 unspecified atom stereocenters. The van der Waals surface area contributed by atoms with Gasteiger partial charge in [-0.1, -0.05) is 36.4 Å². The molecule has 114 valence electrons. The van der Waals surface area contributed by atoms with Gasteiger partial charge >= 0.3 is 0 Å². The number of hydrogen-bond acceptors (Lipinski definition) is 6. The maximum Gasteiger partial charge on any atom is 0.247 e. The Bertz CT molecular complexity index is 700. The minimum absolute atomic E-state index is 0.370. The lowest BCUT2D eigenvalue weighted by Crippen LogP contribution is -2.45. The molecule has 1 aromatic heterocycles. The highest BCUT2D eigenvalue weighted by Gasteiger charge is 2.38. The van der Waals surface area contributed by atoms with Gasteiger partial charge in [0, 0.05) is 24.1 Å². The highest BCUT2D eigenvalue weighted by Crippen LogP contribution is 2.42. The first-order valence-electron chi connectivity index (χ1n) is 7.65. The third-order valence-electron chi connectivity index (χ3n) is 4.32. The molecule has 1 aliphatic heterocycles. The van der Waals surface area contributed by atoms with Crippen molar-refractivity contribution in [3.63, 3.8) is 0 Å². The summed E-state index contributed by atoms with van der Waals surface area (Å²) in [5, 5.41) is 12.8. The van der Waals surface area contributed by atoms with Crippen LogP contribution >= 0.6 is 11.8 Å². The van der Waals surface area contributed by atoms with Gasteiger partial charge in [0.2, 0.25) is 11.0 Å². The summed E-state index contributed by atoms with van der Waals surface area (Å²) in [6.07, 6.45) is 7.51. The van der Waals surface area contributed by atoms with Crippen molar-refractivity contribution >= 4 is 17.4 Å². The van der Waals surface area contributed by atoms with E-state index in [9.17, 15) is 0 Å². The average molecular weight is 314 g/mol. The predicted octanol–water partition coefficient (Wildman–Crippen LogP) is 3.73. The summed E-state index contributed by atoms with van der Waals surface area (Å²) < 4.78 is 6.37. The third-order valence-corrected chi connectivity index (χ3v) is 4.85. The van der Waals surface area contributed by atoms with E-state index in [-0.39, 0.29) is 5.72 Å². The topological polar surface area (TPSA) is 59.9 Å². The lowest BCUT2D eigenvalue weighted by molar-refractivity contribution is 0.0536. The molecule has 1 aliphatic carbocycles. The van der Waals surface area contributed by atoms with Crippen LogP contribution in [0, 0.1) is 0 Å². The number of hydrogen-bond donors (Lipinski definition) is 1. The second-order valence-corrected chi connectivity index (χ2v) is 6.55. The second-order valence-electron chi connectivity index (χ2n) is 5.78. The van der Waals surface area contributed by atoms with E-state index in [4.69, 9.17) is 4.74 Å². The summed E-state index contributed by atoms with van der Waals surface area (Å²) in [6, 6.07) is 8.16. The quantitative estimate of drug-likeness (QED) is 0.809. The minimum atomic E-state index is -0.370. The Hall–Kier alpha value is -1.82. The van der Waals surface area contributed by atoms with Crippen molar-refractivity contribution in [3.8, 4) is 17.1 Å². The fourth-order valence-electron chi connectivity index (χ4n) is 3.23. The van der Waals surface area contributed by atoms with Crippen molar-refractivity contribution < 1.29 is 4.74 Å². The summed E-state index contributed by atoms with van der Waals surface area (Å²) in [4.78, 5) is 4.57. The molecule has 0 saturated heterocycles. The van der Waals surface area contributed by atoms with Crippen LogP contribution in [0.4, 0.5) is 5.69 Å². The van der Waals surface area contributed by atoms with Crippen molar-refractivity contribution in [3.05, 3.63) is 24.3 Å². The monoisotopic (exact) mass is 314 g/mol. The van der Waals surface area contributed by atoms with Crippen LogP contribution in [0.25, 0.3) is 11.3 Å². The average Bonchev–Trinajstić information content (AvgIpc) is 2.68. The predicted molar refractivity (Wildman–Crippen MR) is 87.1 cm³/mol. The van der Waals surface area contributed by atoms with E-state index in [1.54, 1.807) is 0 Å².